The molecule has 4 nitrogen and oxygen atoms in total. The lowest BCUT2D eigenvalue weighted by Gasteiger charge is -2.17. The van der Waals surface area contributed by atoms with Crippen LogP contribution in [-0.4, -0.2) is 18.5 Å². The fourth-order valence-electron chi connectivity index (χ4n) is 3.23. The molecule has 1 unspecified atom stereocenters. The van der Waals surface area contributed by atoms with Crippen molar-refractivity contribution in [2.24, 2.45) is 0 Å². The molecule has 0 saturated heterocycles. The topological polar surface area (TPSA) is 55.4 Å². The van der Waals surface area contributed by atoms with E-state index in [1.807, 2.05) is 74.5 Å². The number of ether oxygens (including phenoxy) is 1. The molecule has 0 radical (unpaired) electrons. The van der Waals surface area contributed by atoms with Gasteiger partial charge in [-0.1, -0.05) is 55.5 Å². The molecule has 0 bridgehead atoms. The number of hydrogen-bond donors (Lipinski definition) is 1. The third-order valence-corrected chi connectivity index (χ3v) is 6.95. The number of nitrogens with one attached hydrogen (secondary N) is 1. The molecule has 0 aliphatic rings. The molecule has 1 amide bonds. The van der Waals surface area contributed by atoms with Gasteiger partial charge in [0.05, 0.1) is 12.2 Å². The Bertz CT molecular complexity index is 1000. The maximum atomic E-state index is 13.4. The molecule has 0 fully saturated rings. The Labute approximate surface area is 185 Å². The molecular weight excluding hydrogens is 414 g/mol. The summed E-state index contributed by atoms with van der Waals surface area (Å²) in [6, 6.07) is 19.5. The van der Waals surface area contributed by atoms with Gasteiger partial charge in [0.1, 0.15) is 10.3 Å². The van der Waals surface area contributed by atoms with Crippen molar-refractivity contribution in [3.63, 3.8) is 0 Å². The van der Waals surface area contributed by atoms with Crippen molar-refractivity contribution >= 4 is 40.0 Å². The maximum absolute atomic E-state index is 13.4. The van der Waals surface area contributed by atoms with Crippen LogP contribution >= 0.6 is 23.1 Å². The molecule has 0 aliphatic carbocycles. The van der Waals surface area contributed by atoms with Gasteiger partial charge < -0.3 is 10.1 Å². The van der Waals surface area contributed by atoms with Gasteiger partial charge in [-0.05, 0) is 43.5 Å². The Balaban J connectivity index is 1.94. The van der Waals surface area contributed by atoms with E-state index in [-0.39, 0.29) is 11.9 Å². The van der Waals surface area contributed by atoms with E-state index in [0.717, 1.165) is 20.9 Å². The summed E-state index contributed by atoms with van der Waals surface area (Å²) in [4.78, 5) is 28.0. The fraction of sp³-hybridized carbons (Fsp3) is 0.250. The SMILES string of the molecule is CCOC(=O)c1c(NC(=O)C(Sc2ccccc2)c2ccccc2)sc(C)c1CC. The number of hydrogen-bond acceptors (Lipinski definition) is 5. The molecule has 2 aromatic carbocycles. The van der Waals surface area contributed by atoms with Crippen LogP contribution in [0, 0.1) is 6.92 Å². The van der Waals surface area contributed by atoms with E-state index in [2.05, 4.69) is 5.32 Å². The Hall–Kier alpha value is -2.57. The zero-order valence-electron chi connectivity index (χ0n) is 17.3. The van der Waals surface area contributed by atoms with Crippen molar-refractivity contribution in [1.82, 2.24) is 0 Å². The van der Waals surface area contributed by atoms with Crippen LogP contribution in [0.4, 0.5) is 5.00 Å². The van der Waals surface area contributed by atoms with Crippen molar-refractivity contribution in [3.05, 3.63) is 82.2 Å². The number of carbonyl (C=O) groups is 2. The molecule has 0 aliphatic heterocycles. The van der Waals surface area contributed by atoms with Crippen LogP contribution in [-0.2, 0) is 16.0 Å². The number of rotatable bonds is 8. The van der Waals surface area contributed by atoms with E-state index in [0.29, 0.717) is 23.6 Å². The van der Waals surface area contributed by atoms with Gasteiger partial charge in [0, 0.05) is 9.77 Å². The van der Waals surface area contributed by atoms with Crippen molar-refractivity contribution in [3.8, 4) is 0 Å². The number of thiophene rings is 1. The van der Waals surface area contributed by atoms with Crippen LogP contribution in [0.25, 0.3) is 0 Å². The Kier molecular flexibility index (Phi) is 7.71. The summed E-state index contributed by atoms with van der Waals surface area (Å²) in [6.07, 6.45) is 0.702. The monoisotopic (exact) mass is 439 g/mol. The van der Waals surface area contributed by atoms with E-state index < -0.39 is 5.25 Å². The highest BCUT2D eigenvalue weighted by Crippen LogP contribution is 2.39. The minimum Gasteiger partial charge on any atom is -0.462 e. The van der Waals surface area contributed by atoms with Gasteiger partial charge >= 0.3 is 5.97 Å². The number of thioether (sulfide) groups is 1. The third kappa shape index (κ3) is 5.12. The lowest BCUT2D eigenvalue weighted by atomic mass is 10.1. The molecule has 1 atom stereocenters. The number of amides is 1. The molecular formula is C24H25NO3S2. The van der Waals surface area contributed by atoms with Crippen molar-refractivity contribution in [1.29, 1.82) is 0 Å². The van der Waals surface area contributed by atoms with E-state index in [1.165, 1.54) is 23.1 Å². The second-order valence-corrected chi connectivity index (χ2v) is 9.03. The average Bonchev–Trinajstić information content (AvgIpc) is 3.08. The number of benzene rings is 2. The van der Waals surface area contributed by atoms with Crippen molar-refractivity contribution < 1.29 is 14.3 Å². The molecule has 30 heavy (non-hydrogen) atoms. The lowest BCUT2D eigenvalue weighted by molar-refractivity contribution is -0.115. The van der Waals surface area contributed by atoms with E-state index in [1.54, 1.807) is 6.92 Å². The second kappa shape index (κ2) is 10.5. The minimum absolute atomic E-state index is 0.162. The lowest BCUT2D eigenvalue weighted by Crippen LogP contribution is -2.20. The predicted molar refractivity (Wildman–Crippen MR) is 125 cm³/mol. The summed E-state index contributed by atoms with van der Waals surface area (Å²) in [5.74, 6) is -0.550. The van der Waals surface area contributed by atoms with Gasteiger partial charge in [0.25, 0.3) is 0 Å². The first-order valence-electron chi connectivity index (χ1n) is 9.92. The zero-order chi connectivity index (χ0) is 21.5. The van der Waals surface area contributed by atoms with Crippen LogP contribution in [0.15, 0.2) is 65.6 Å². The third-order valence-electron chi connectivity index (χ3n) is 4.62. The van der Waals surface area contributed by atoms with Crippen LogP contribution in [0.2, 0.25) is 0 Å². The van der Waals surface area contributed by atoms with Gasteiger partial charge in [-0.25, -0.2) is 4.79 Å². The quantitative estimate of drug-likeness (QED) is 0.332. The molecule has 1 heterocycles. The summed E-state index contributed by atoms with van der Waals surface area (Å²) in [5.41, 5.74) is 2.32. The zero-order valence-corrected chi connectivity index (χ0v) is 18.9. The summed E-state index contributed by atoms with van der Waals surface area (Å²) in [7, 11) is 0. The van der Waals surface area contributed by atoms with Crippen LogP contribution in [0.1, 0.15) is 45.5 Å². The molecule has 156 valence electrons. The van der Waals surface area contributed by atoms with Crippen molar-refractivity contribution in [2.75, 3.05) is 11.9 Å². The number of carbonyl (C=O) groups excluding carboxylic acids is 2. The highest BCUT2D eigenvalue weighted by atomic mass is 32.2. The van der Waals surface area contributed by atoms with E-state index in [4.69, 9.17) is 4.74 Å². The van der Waals surface area contributed by atoms with Gasteiger partial charge in [0.15, 0.2) is 0 Å². The predicted octanol–water partition coefficient (Wildman–Crippen LogP) is 6.27. The first kappa shape index (κ1) is 22.1. The smallest absolute Gasteiger partial charge is 0.341 e. The maximum Gasteiger partial charge on any atom is 0.341 e. The molecule has 6 heteroatoms. The van der Waals surface area contributed by atoms with Crippen molar-refractivity contribution in [2.45, 2.75) is 37.3 Å². The first-order valence-corrected chi connectivity index (χ1v) is 11.6. The standard InChI is InChI=1S/C24H25NO3S2/c1-4-19-16(3)29-23(20(19)24(27)28-5-2)25-22(26)21(17-12-8-6-9-13-17)30-18-14-10-7-11-15-18/h6-15,21H,4-5H2,1-3H3,(H,25,26). The normalized spacial score (nSPS) is 11.7. The van der Waals surface area contributed by atoms with Crippen LogP contribution < -0.4 is 5.32 Å². The number of esters is 1. The van der Waals surface area contributed by atoms with Gasteiger partial charge in [-0.3, -0.25) is 4.79 Å². The largest absolute Gasteiger partial charge is 0.462 e. The van der Waals surface area contributed by atoms with Gasteiger partial charge in [-0.2, -0.15) is 0 Å². The number of aryl methyl sites for hydroxylation is 1. The summed E-state index contributed by atoms with van der Waals surface area (Å²) >= 11 is 2.91. The summed E-state index contributed by atoms with van der Waals surface area (Å²) in [5, 5.41) is 3.13. The second-order valence-electron chi connectivity index (χ2n) is 6.63. The molecule has 3 rings (SSSR count). The minimum atomic E-state index is -0.448. The first-order chi connectivity index (χ1) is 14.5. The van der Waals surface area contributed by atoms with E-state index >= 15 is 0 Å². The van der Waals surface area contributed by atoms with E-state index in [9.17, 15) is 9.59 Å². The molecule has 3 aromatic rings. The average molecular weight is 440 g/mol. The van der Waals surface area contributed by atoms with Gasteiger partial charge in [0.2, 0.25) is 5.91 Å². The van der Waals surface area contributed by atoms with Crippen LogP contribution in [0.3, 0.4) is 0 Å². The Morgan fingerprint density at radius 3 is 2.27 bits per heavy atom. The Morgan fingerprint density at radius 1 is 1.03 bits per heavy atom. The summed E-state index contributed by atoms with van der Waals surface area (Å²) in [6.45, 7) is 6.04. The fourth-order valence-corrected chi connectivity index (χ4v) is 5.41. The molecule has 1 aromatic heterocycles. The molecule has 0 spiro atoms. The highest BCUT2D eigenvalue weighted by Gasteiger charge is 2.27. The molecule has 0 saturated carbocycles. The van der Waals surface area contributed by atoms with Gasteiger partial charge in [-0.15, -0.1) is 23.1 Å². The number of anilines is 1. The van der Waals surface area contributed by atoms with Crippen LogP contribution in [0.5, 0.6) is 0 Å². The molecule has 1 N–H and O–H groups in total. The highest BCUT2D eigenvalue weighted by molar-refractivity contribution is 8.00. The Morgan fingerprint density at radius 2 is 1.67 bits per heavy atom. The summed E-state index contributed by atoms with van der Waals surface area (Å²) < 4.78 is 5.26.